The van der Waals surface area contributed by atoms with E-state index >= 15 is 0 Å². The first-order valence-electron chi connectivity index (χ1n) is 8.79. The van der Waals surface area contributed by atoms with Crippen LogP contribution in [0.1, 0.15) is 33.7 Å². The van der Waals surface area contributed by atoms with Crippen LogP contribution in [0.25, 0.3) is 11.3 Å². The molecule has 2 aromatic heterocycles. The van der Waals surface area contributed by atoms with Crippen molar-refractivity contribution >= 4 is 5.91 Å². The fraction of sp³-hybridized carbons (Fsp3) is 0.200. The third-order valence-electron chi connectivity index (χ3n) is 4.38. The van der Waals surface area contributed by atoms with Crippen LogP contribution in [0.5, 0.6) is 0 Å². The van der Waals surface area contributed by atoms with E-state index in [1.54, 1.807) is 12.1 Å². The van der Waals surface area contributed by atoms with Crippen molar-refractivity contribution in [2.75, 3.05) is 0 Å². The summed E-state index contributed by atoms with van der Waals surface area (Å²) < 4.78 is 52.2. The largest absolute Gasteiger partial charge is 0.433 e. The van der Waals surface area contributed by atoms with Gasteiger partial charge in [0.25, 0.3) is 0 Å². The quantitative estimate of drug-likeness (QED) is 0.643. The molecule has 3 heterocycles. The number of nitriles is 1. The average Bonchev–Trinajstić information content (AvgIpc) is 3.30. The molecule has 0 saturated heterocycles. The van der Waals surface area contributed by atoms with E-state index in [-0.39, 0.29) is 11.1 Å². The Labute approximate surface area is 168 Å². The van der Waals surface area contributed by atoms with Gasteiger partial charge >= 0.3 is 6.18 Å². The number of pyridine rings is 1. The number of hydrogen-bond acceptors (Lipinski definition) is 4. The molecule has 154 valence electrons. The highest BCUT2D eigenvalue weighted by Gasteiger charge is 2.32. The number of hydrogen-bond donors (Lipinski definition) is 1. The molecule has 0 aliphatic carbocycles. The lowest BCUT2D eigenvalue weighted by Gasteiger charge is -2.06. The molecule has 1 aliphatic rings. The molecule has 0 unspecified atom stereocenters. The van der Waals surface area contributed by atoms with Gasteiger partial charge in [0.05, 0.1) is 11.3 Å². The van der Waals surface area contributed by atoms with E-state index in [0.717, 1.165) is 43.3 Å². The van der Waals surface area contributed by atoms with Gasteiger partial charge in [-0.15, -0.1) is 0 Å². The van der Waals surface area contributed by atoms with Gasteiger partial charge in [-0.05, 0) is 49.2 Å². The maximum absolute atomic E-state index is 12.7. The molecule has 0 bridgehead atoms. The zero-order valence-corrected chi connectivity index (χ0v) is 15.4. The van der Waals surface area contributed by atoms with E-state index in [1.807, 2.05) is 10.7 Å². The summed E-state index contributed by atoms with van der Waals surface area (Å²) in [6, 6.07) is 9.44. The van der Waals surface area contributed by atoms with Crippen molar-refractivity contribution in [3.63, 3.8) is 0 Å². The van der Waals surface area contributed by atoms with E-state index in [0.29, 0.717) is 11.3 Å². The Morgan fingerprint density at radius 2 is 1.97 bits per heavy atom. The molecule has 1 aliphatic heterocycles. The predicted octanol–water partition coefficient (Wildman–Crippen LogP) is 3.71. The number of primary amides is 1. The van der Waals surface area contributed by atoms with Crippen molar-refractivity contribution < 1.29 is 22.4 Å². The molecular weight excluding hydrogens is 402 g/mol. The first kappa shape index (κ1) is 21.0. The van der Waals surface area contributed by atoms with Gasteiger partial charge in [-0.3, -0.25) is 14.5 Å². The second kappa shape index (κ2) is 8.32. The van der Waals surface area contributed by atoms with Crippen LogP contribution in [0.2, 0.25) is 0 Å². The minimum atomic E-state index is -4.42. The van der Waals surface area contributed by atoms with E-state index in [1.165, 1.54) is 12.3 Å². The van der Waals surface area contributed by atoms with Crippen molar-refractivity contribution in [1.29, 1.82) is 5.26 Å². The lowest BCUT2D eigenvalue weighted by molar-refractivity contribution is -0.141. The standard InChI is InChI=1S/C12H10F3N3.C8H5FN2O/c13-12(14,15)11-6-8(3-4-16-11)10-7-9-2-1-5-18(9)17-10;9-7-2-1-5(8(11)12)3-6(7)4-10/h3-4,6-7H,1-2,5H2;1-3H,(H2,11,12). The number of nitrogens with zero attached hydrogens (tertiary/aromatic N) is 4. The van der Waals surface area contributed by atoms with Gasteiger partial charge in [-0.25, -0.2) is 4.39 Å². The maximum Gasteiger partial charge on any atom is 0.433 e. The zero-order valence-electron chi connectivity index (χ0n) is 15.4. The number of carbonyl (C=O) groups is 1. The first-order chi connectivity index (χ1) is 14.2. The summed E-state index contributed by atoms with van der Waals surface area (Å²) in [7, 11) is 0. The molecular formula is C20H15F4N5O. The summed E-state index contributed by atoms with van der Waals surface area (Å²) in [6.07, 6.45) is -1.27. The molecule has 3 aromatic rings. The Balaban J connectivity index is 0.000000187. The lowest BCUT2D eigenvalue weighted by atomic mass is 10.1. The van der Waals surface area contributed by atoms with Gasteiger partial charge in [0.2, 0.25) is 5.91 Å². The number of fused-ring (bicyclic) bond motifs is 1. The highest BCUT2D eigenvalue weighted by atomic mass is 19.4. The van der Waals surface area contributed by atoms with Gasteiger partial charge < -0.3 is 5.73 Å². The number of halogens is 4. The van der Waals surface area contributed by atoms with Crippen molar-refractivity contribution in [3.8, 4) is 17.3 Å². The summed E-state index contributed by atoms with van der Waals surface area (Å²) in [6.45, 7) is 0.840. The number of aromatic nitrogens is 3. The number of nitrogens with two attached hydrogens (primary N) is 1. The monoisotopic (exact) mass is 417 g/mol. The van der Waals surface area contributed by atoms with Crippen LogP contribution >= 0.6 is 0 Å². The molecule has 0 saturated carbocycles. The molecule has 1 amide bonds. The zero-order chi connectivity index (χ0) is 21.9. The van der Waals surface area contributed by atoms with Crippen LogP contribution in [0, 0.1) is 17.1 Å². The van der Waals surface area contributed by atoms with Gasteiger partial charge in [-0.2, -0.15) is 23.5 Å². The molecule has 30 heavy (non-hydrogen) atoms. The van der Waals surface area contributed by atoms with Crippen LogP contribution in [0.15, 0.2) is 42.6 Å². The van der Waals surface area contributed by atoms with Gasteiger partial charge in [-0.1, -0.05) is 0 Å². The van der Waals surface area contributed by atoms with E-state index in [9.17, 15) is 22.4 Å². The van der Waals surface area contributed by atoms with Crippen LogP contribution in [-0.4, -0.2) is 20.7 Å². The van der Waals surface area contributed by atoms with Crippen molar-refractivity contribution in [2.24, 2.45) is 5.73 Å². The molecule has 0 radical (unpaired) electrons. The number of benzene rings is 1. The molecule has 4 rings (SSSR count). The Bertz CT molecular complexity index is 1110. The van der Waals surface area contributed by atoms with E-state index in [4.69, 9.17) is 11.0 Å². The summed E-state index contributed by atoms with van der Waals surface area (Å²) in [5.41, 5.74) is 6.11. The van der Waals surface area contributed by atoms with Crippen molar-refractivity contribution in [3.05, 3.63) is 70.9 Å². The molecule has 1 aromatic carbocycles. The Hall–Kier alpha value is -3.74. The topological polar surface area (TPSA) is 97.6 Å². The minimum absolute atomic E-state index is 0.132. The van der Waals surface area contributed by atoms with Crippen LogP contribution in [0.3, 0.4) is 0 Å². The van der Waals surface area contributed by atoms with Gasteiger partial charge in [0.1, 0.15) is 17.6 Å². The smallest absolute Gasteiger partial charge is 0.366 e. The summed E-state index contributed by atoms with van der Waals surface area (Å²) >= 11 is 0. The second-order valence-corrected chi connectivity index (χ2v) is 6.45. The SMILES string of the molecule is FC(F)(F)c1cc(-c2cc3n(n2)CCC3)ccn1.N#Cc1cc(C(N)=O)ccc1F. The molecule has 0 spiro atoms. The minimum Gasteiger partial charge on any atom is -0.366 e. The Morgan fingerprint density at radius 1 is 1.20 bits per heavy atom. The third kappa shape index (κ3) is 4.63. The number of alkyl halides is 3. The van der Waals surface area contributed by atoms with Gasteiger partial charge in [0, 0.05) is 29.6 Å². The van der Waals surface area contributed by atoms with Crippen LogP contribution in [-0.2, 0) is 19.1 Å². The Morgan fingerprint density at radius 3 is 2.60 bits per heavy atom. The van der Waals surface area contributed by atoms with Crippen LogP contribution in [0.4, 0.5) is 17.6 Å². The lowest BCUT2D eigenvalue weighted by Crippen LogP contribution is -2.11. The predicted molar refractivity (Wildman–Crippen MR) is 98.4 cm³/mol. The highest BCUT2D eigenvalue weighted by molar-refractivity contribution is 5.93. The maximum atomic E-state index is 12.7. The van der Waals surface area contributed by atoms with Crippen molar-refractivity contribution in [1.82, 2.24) is 14.8 Å². The molecule has 6 nitrogen and oxygen atoms in total. The second-order valence-electron chi connectivity index (χ2n) is 6.45. The van der Waals surface area contributed by atoms with Crippen molar-refractivity contribution in [2.45, 2.75) is 25.6 Å². The average molecular weight is 417 g/mol. The third-order valence-corrected chi connectivity index (χ3v) is 4.38. The van der Waals surface area contributed by atoms with E-state index in [2.05, 4.69) is 10.1 Å². The fourth-order valence-electron chi connectivity index (χ4n) is 2.91. The molecule has 10 heteroatoms. The summed E-state index contributed by atoms with van der Waals surface area (Å²) in [4.78, 5) is 13.9. The van der Waals surface area contributed by atoms with E-state index < -0.39 is 23.6 Å². The highest BCUT2D eigenvalue weighted by Crippen LogP contribution is 2.30. The molecule has 0 fully saturated rings. The number of rotatable bonds is 2. The Kier molecular flexibility index (Phi) is 5.82. The van der Waals surface area contributed by atoms with Gasteiger partial charge in [0.15, 0.2) is 0 Å². The summed E-state index contributed by atoms with van der Waals surface area (Å²) in [5, 5.41) is 12.7. The number of amides is 1. The molecule has 0 atom stereocenters. The fourth-order valence-corrected chi connectivity index (χ4v) is 2.91. The number of carbonyl (C=O) groups excluding carboxylic acids is 1. The van der Waals surface area contributed by atoms with Crippen LogP contribution < -0.4 is 5.73 Å². The summed E-state index contributed by atoms with van der Waals surface area (Å²) in [5.74, 6) is -1.33. The number of aryl methyl sites for hydroxylation is 2. The first-order valence-corrected chi connectivity index (χ1v) is 8.79. The molecule has 2 N–H and O–H groups in total. The normalized spacial score (nSPS) is 12.5.